The summed E-state index contributed by atoms with van der Waals surface area (Å²) in [4.78, 5) is 11.7. The summed E-state index contributed by atoms with van der Waals surface area (Å²) in [5, 5.41) is 6.81. The zero-order valence-electron chi connectivity index (χ0n) is 12.2. The van der Waals surface area contributed by atoms with Crippen molar-refractivity contribution in [3.05, 3.63) is 28.8 Å². The first-order valence-electron chi connectivity index (χ1n) is 7.42. The van der Waals surface area contributed by atoms with Crippen LogP contribution in [0.1, 0.15) is 49.4 Å². The first-order valence-corrected chi connectivity index (χ1v) is 7.80. The summed E-state index contributed by atoms with van der Waals surface area (Å²) in [7, 11) is 1.63. The maximum Gasteiger partial charge on any atom is 0.251 e. The summed E-state index contributed by atoms with van der Waals surface area (Å²) in [6.45, 7) is 2.27. The highest BCUT2D eigenvalue weighted by atomic mass is 35.5. The SMILES string of the molecule is CCC1CCC(Nc2cc(C(=O)NC)ccc2Cl)CC1. The highest BCUT2D eigenvalue weighted by Crippen LogP contribution is 2.31. The Hall–Kier alpha value is -1.22. The number of carbonyl (C=O) groups is 1. The van der Waals surface area contributed by atoms with E-state index in [2.05, 4.69) is 17.6 Å². The minimum absolute atomic E-state index is 0.0839. The molecule has 2 rings (SSSR count). The quantitative estimate of drug-likeness (QED) is 0.878. The lowest BCUT2D eigenvalue weighted by molar-refractivity contribution is 0.0963. The van der Waals surface area contributed by atoms with Crippen molar-refractivity contribution in [2.24, 2.45) is 5.92 Å². The lowest BCUT2D eigenvalue weighted by Crippen LogP contribution is -2.26. The van der Waals surface area contributed by atoms with Crippen molar-refractivity contribution in [3.63, 3.8) is 0 Å². The maximum absolute atomic E-state index is 11.7. The van der Waals surface area contributed by atoms with Gasteiger partial charge in [0.2, 0.25) is 0 Å². The van der Waals surface area contributed by atoms with Crippen LogP contribution in [0.15, 0.2) is 18.2 Å². The molecule has 1 aliphatic carbocycles. The second-order valence-electron chi connectivity index (χ2n) is 5.54. The minimum atomic E-state index is -0.0839. The number of hydrogen-bond donors (Lipinski definition) is 2. The van der Waals surface area contributed by atoms with E-state index in [9.17, 15) is 4.79 Å². The molecule has 0 bridgehead atoms. The summed E-state index contributed by atoms with van der Waals surface area (Å²) in [6, 6.07) is 5.84. The van der Waals surface area contributed by atoms with Crippen LogP contribution in [0.5, 0.6) is 0 Å². The molecule has 4 heteroatoms. The Labute approximate surface area is 126 Å². The molecule has 0 atom stereocenters. The fraction of sp³-hybridized carbons (Fsp3) is 0.562. The van der Waals surface area contributed by atoms with Crippen molar-refractivity contribution in [1.29, 1.82) is 0 Å². The van der Waals surface area contributed by atoms with Gasteiger partial charge in [0.05, 0.1) is 10.7 Å². The van der Waals surface area contributed by atoms with E-state index in [1.807, 2.05) is 6.07 Å². The largest absolute Gasteiger partial charge is 0.381 e. The monoisotopic (exact) mass is 294 g/mol. The third-order valence-electron chi connectivity index (χ3n) is 4.24. The number of carbonyl (C=O) groups excluding carboxylic acids is 1. The molecule has 110 valence electrons. The van der Waals surface area contributed by atoms with Crippen molar-refractivity contribution in [2.45, 2.75) is 45.1 Å². The van der Waals surface area contributed by atoms with Gasteiger partial charge in [0, 0.05) is 18.7 Å². The molecular weight excluding hydrogens is 272 g/mol. The Kier molecular flexibility index (Phi) is 5.30. The molecule has 0 unspecified atom stereocenters. The lowest BCUT2D eigenvalue weighted by atomic mass is 9.84. The smallest absolute Gasteiger partial charge is 0.251 e. The maximum atomic E-state index is 11.7. The van der Waals surface area contributed by atoms with Gasteiger partial charge in [-0.05, 0) is 49.8 Å². The third kappa shape index (κ3) is 3.66. The topological polar surface area (TPSA) is 41.1 Å². The van der Waals surface area contributed by atoms with Gasteiger partial charge < -0.3 is 10.6 Å². The van der Waals surface area contributed by atoms with E-state index in [0.29, 0.717) is 16.6 Å². The third-order valence-corrected chi connectivity index (χ3v) is 4.57. The summed E-state index contributed by atoms with van der Waals surface area (Å²) in [6.07, 6.45) is 6.19. The van der Waals surface area contributed by atoms with Gasteiger partial charge in [-0.15, -0.1) is 0 Å². The molecule has 0 aliphatic heterocycles. The fourth-order valence-corrected chi connectivity index (χ4v) is 3.03. The minimum Gasteiger partial charge on any atom is -0.381 e. The Bertz CT molecular complexity index is 468. The van der Waals surface area contributed by atoms with E-state index in [4.69, 9.17) is 11.6 Å². The number of rotatable bonds is 4. The standard InChI is InChI=1S/C16H23ClN2O/c1-3-11-4-7-13(8-5-11)19-15-10-12(16(20)18-2)6-9-14(15)17/h6,9-11,13,19H,3-5,7-8H2,1-2H3,(H,18,20). The molecule has 0 radical (unpaired) electrons. The van der Waals surface area contributed by atoms with E-state index < -0.39 is 0 Å². The van der Waals surface area contributed by atoms with Crippen LogP contribution in [0.4, 0.5) is 5.69 Å². The van der Waals surface area contributed by atoms with Crippen molar-refractivity contribution in [3.8, 4) is 0 Å². The van der Waals surface area contributed by atoms with Crippen LogP contribution in [0.25, 0.3) is 0 Å². The van der Waals surface area contributed by atoms with Gasteiger partial charge in [0.25, 0.3) is 5.91 Å². The van der Waals surface area contributed by atoms with Crippen LogP contribution in [0, 0.1) is 5.92 Å². The summed E-state index contributed by atoms with van der Waals surface area (Å²) < 4.78 is 0. The lowest BCUT2D eigenvalue weighted by Gasteiger charge is -2.29. The summed E-state index contributed by atoms with van der Waals surface area (Å²) in [5.41, 5.74) is 1.51. The Morgan fingerprint density at radius 2 is 2.00 bits per heavy atom. The Morgan fingerprint density at radius 1 is 1.30 bits per heavy atom. The molecule has 1 aliphatic rings. The van der Waals surface area contributed by atoms with Crippen LogP contribution >= 0.6 is 11.6 Å². The zero-order chi connectivity index (χ0) is 14.5. The first kappa shape index (κ1) is 15.2. The molecule has 0 spiro atoms. The summed E-state index contributed by atoms with van der Waals surface area (Å²) in [5.74, 6) is 0.792. The number of halogens is 1. The van der Waals surface area contributed by atoms with E-state index >= 15 is 0 Å². The molecule has 1 fully saturated rings. The van der Waals surface area contributed by atoms with E-state index in [1.54, 1.807) is 19.2 Å². The van der Waals surface area contributed by atoms with Crippen molar-refractivity contribution in [1.82, 2.24) is 5.32 Å². The molecular formula is C16H23ClN2O. The number of benzene rings is 1. The highest BCUT2D eigenvalue weighted by Gasteiger charge is 2.20. The van der Waals surface area contributed by atoms with Crippen molar-refractivity contribution >= 4 is 23.2 Å². The van der Waals surface area contributed by atoms with Gasteiger partial charge in [0.15, 0.2) is 0 Å². The van der Waals surface area contributed by atoms with Crippen molar-refractivity contribution < 1.29 is 4.79 Å². The first-order chi connectivity index (χ1) is 9.63. The van der Waals surface area contributed by atoms with Crippen LogP contribution in [-0.2, 0) is 0 Å². The van der Waals surface area contributed by atoms with E-state index in [0.717, 1.165) is 11.6 Å². The van der Waals surface area contributed by atoms with Gasteiger partial charge in [-0.3, -0.25) is 4.79 Å². The van der Waals surface area contributed by atoms with Gasteiger partial charge >= 0.3 is 0 Å². The number of anilines is 1. The van der Waals surface area contributed by atoms with Crippen LogP contribution < -0.4 is 10.6 Å². The molecule has 1 aromatic carbocycles. The molecule has 0 heterocycles. The fourth-order valence-electron chi connectivity index (χ4n) is 2.86. The molecule has 1 amide bonds. The number of nitrogens with one attached hydrogen (secondary N) is 2. The Morgan fingerprint density at radius 3 is 2.60 bits per heavy atom. The average Bonchev–Trinajstić information content (AvgIpc) is 2.49. The average molecular weight is 295 g/mol. The van der Waals surface area contributed by atoms with E-state index in [-0.39, 0.29) is 5.91 Å². The van der Waals surface area contributed by atoms with Gasteiger partial charge in [-0.1, -0.05) is 24.9 Å². The molecule has 3 nitrogen and oxygen atoms in total. The molecule has 0 saturated heterocycles. The predicted octanol–water partition coefficient (Wildman–Crippen LogP) is 4.08. The van der Waals surface area contributed by atoms with Crippen LogP contribution in [0.3, 0.4) is 0 Å². The molecule has 1 aromatic rings. The van der Waals surface area contributed by atoms with Gasteiger partial charge in [-0.2, -0.15) is 0 Å². The highest BCUT2D eigenvalue weighted by molar-refractivity contribution is 6.33. The molecule has 20 heavy (non-hydrogen) atoms. The molecule has 0 aromatic heterocycles. The molecule has 1 saturated carbocycles. The van der Waals surface area contributed by atoms with Crippen LogP contribution in [0.2, 0.25) is 5.02 Å². The second-order valence-corrected chi connectivity index (χ2v) is 5.95. The van der Waals surface area contributed by atoms with Crippen molar-refractivity contribution in [2.75, 3.05) is 12.4 Å². The normalized spacial score (nSPS) is 22.4. The van der Waals surface area contributed by atoms with Crippen LogP contribution in [-0.4, -0.2) is 19.0 Å². The Balaban J connectivity index is 2.03. The number of amides is 1. The predicted molar refractivity (Wildman–Crippen MR) is 84.5 cm³/mol. The second kappa shape index (κ2) is 6.98. The van der Waals surface area contributed by atoms with Gasteiger partial charge in [0.1, 0.15) is 0 Å². The number of hydrogen-bond acceptors (Lipinski definition) is 2. The van der Waals surface area contributed by atoms with E-state index in [1.165, 1.54) is 32.1 Å². The zero-order valence-corrected chi connectivity index (χ0v) is 13.0. The summed E-state index contributed by atoms with van der Waals surface area (Å²) >= 11 is 6.23. The molecule has 2 N–H and O–H groups in total. The van der Waals surface area contributed by atoms with Gasteiger partial charge in [-0.25, -0.2) is 0 Å².